The van der Waals surface area contributed by atoms with E-state index >= 15 is 0 Å². The van der Waals surface area contributed by atoms with Gasteiger partial charge in [-0.2, -0.15) is 0 Å². The Morgan fingerprint density at radius 1 is 1.29 bits per heavy atom. The van der Waals surface area contributed by atoms with E-state index in [-0.39, 0.29) is 11.4 Å². The lowest BCUT2D eigenvalue weighted by Crippen LogP contribution is -2.41. The summed E-state index contributed by atoms with van der Waals surface area (Å²) in [6.45, 7) is 3.23. The fourth-order valence-corrected chi connectivity index (χ4v) is 1.61. The zero-order valence-corrected chi connectivity index (χ0v) is 11.5. The Hall–Kier alpha value is -2.70. The summed E-state index contributed by atoms with van der Waals surface area (Å²) in [6, 6.07) is 5.83. The van der Waals surface area contributed by atoms with Gasteiger partial charge in [-0.1, -0.05) is 5.16 Å². The molecule has 0 radical (unpaired) electrons. The highest BCUT2D eigenvalue weighted by atomic mass is 19.1. The SMILES string of the molecule is Cc1cc(NC(=O)[C@@H](C)NC(=O)c2ccc(F)cc2)no1. The first kappa shape index (κ1) is 14.7. The molecular formula is C14H14FN3O3. The summed E-state index contributed by atoms with van der Waals surface area (Å²) in [7, 11) is 0. The summed E-state index contributed by atoms with van der Waals surface area (Å²) in [4.78, 5) is 23.8. The molecule has 0 bridgehead atoms. The first-order valence-electron chi connectivity index (χ1n) is 6.26. The number of benzene rings is 1. The van der Waals surface area contributed by atoms with Crippen LogP contribution in [0.25, 0.3) is 0 Å². The Morgan fingerprint density at radius 3 is 2.52 bits per heavy atom. The molecule has 0 fully saturated rings. The molecule has 1 heterocycles. The Labute approximate surface area is 120 Å². The summed E-state index contributed by atoms with van der Waals surface area (Å²) in [5.41, 5.74) is 0.272. The van der Waals surface area contributed by atoms with Crippen molar-refractivity contribution < 1.29 is 18.5 Å². The summed E-state index contributed by atoms with van der Waals surface area (Å²) in [6.07, 6.45) is 0. The average molecular weight is 291 g/mol. The van der Waals surface area contributed by atoms with Gasteiger partial charge < -0.3 is 15.2 Å². The maximum atomic E-state index is 12.8. The van der Waals surface area contributed by atoms with Gasteiger partial charge in [-0.3, -0.25) is 9.59 Å². The summed E-state index contributed by atoms with van der Waals surface area (Å²) >= 11 is 0. The van der Waals surface area contributed by atoms with E-state index in [1.807, 2.05) is 0 Å². The molecule has 0 aliphatic rings. The minimum absolute atomic E-state index is 0.272. The van der Waals surface area contributed by atoms with Crippen LogP contribution in [0.15, 0.2) is 34.9 Å². The van der Waals surface area contributed by atoms with Crippen molar-refractivity contribution in [3.63, 3.8) is 0 Å². The summed E-state index contributed by atoms with van der Waals surface area (Å²) < 4.78 is 17.6. The van der Waals surface area contributed by atoms with Gasteiger partial charge in [-0.25, -0.2) is 4.39 Å². The van der Waals surface area contributed by atoms with Crippen LogP contribution in [-0.2, 0) is 4.79 Å². The van der Waals surface area contributed by atoms with Gasteiger partial charge in [0.25, 0.3) is 5.91 Å². The topological polar surface area (TPSA) is 84.2 Å². The zero-order valence-electron chi connectivity index (χ0n) is 11.5. The van der Waals surface area contributed by atoms with Crippen molar-refractivity contribution in [1.29, 1.82) is 0 Å². The van der Waals surface area contributed by atoms with E-state index in [0.717, 1.165) is 0 Å². The standard InChI is InChI=1S/C14H14FN3O3/c1-8-7-12(18-21-8)17-13(19)9(2)16-14(20)10-3-5-11(15)6-4-10/h3-7,9H,1-2H3,(H,16,20)(H,17,18,19)/t9-/m1/s1. The minimum Gasteiger partial charge on any atom is -0.360 e. The highest BCUT2D eigenvalue weighted by Crippen LogP contribution is 2.08. The molecule has 110 valence electrons. The number of rotatable bonds is 4. The molecule has 6 nitrogen and oxygen atoms in total. The third-order valence-electron chi connectivity index (χ3n) is 2.73. The lowest BCUT2D eigenvalue weighted by molar-refractivity contribution is -0.117. The van der Waals surface area contributed by atoms with Gasteiger partial charge in [0.15, 0.2) is 5.82 Å². The predicted octanol–water partition coefficient (Wildman–Crippen LogP) is 1.88. The number of aromatic nitrogens is 1. The third kappa shape index (κ3) is 3.88. The van der Waals surface area contributed by atoms with E-state index in [1.165, 1.54) is 31.2 Å². The molecule has 2 N–H and O–H groups in total. The average Bonchev–Trinajstić information content (AvgIpc) is 2.84. The molecular weight excluding hydrogens is 277 g/mol. The van der Waals surface area contributed by atoms with Crippen LogP contribution in [-0.4, -0.2) is 23.0 Å². The lowest BCUT2D eigenvalue weighted by atomic mass is 10.2. The van der Waals surface area contributed by atoms with E-state index in [2.05, 4.69) is 15.8 Å². The number of hydrogen-bond acceptors (Lipinski definition) is 4. The molecule has 0 unspecified atom stereocenters. The van der Waals surface area contributed by atoms with Gasteiger partial charge >= 0.3 is 0 Å². The van der Waals surface area contributed by atoms with Crippen LogP contribution < -0.4 is 10.6 Å². The number of nitrogens with one attached hydrogen (secondary N) is 2. The van der Waals surface area contributed by atoms with Crippen molar-refractivity contribution in [3.8, 4) is 0 Å². The molecule has 0 aliphatic carbocycles. The van der Waals surface area contributed by atoms with E-state index < -0.39 is 23.7 Å². The highest BCUT2D eigenvalue weighted by molar-refractivity contribution is 6.00. The van der Waals surface area contributed by atoms with Gasteiger partial charge in [0.1, 0.15) is 17.6 Å². The molecule has 2 aromatic rings. The molecule has 2 amide bonds. The maximum Gasteiger partial charge on any atom is 0.251 e. The lowest BCUT2D eigenvalue weighted by Gasteiger charge is -2.12. The number of carbonyl (C=O) groups excluding carboxylic acids is 2. The molecule has 2 rings (SSSR count). The fraction of sp³-hybridized carbons (Fsp3) is 0.214. The van der Waals surface area contributed by atoms with Gasteiger partial charge in [0.2, 0.25) is 5.91 Å². The second kappa shape index (κ2) is 6.17. The number of amides is 2. The van der Waals surface area contributed by atoms with E-state index in [4.69, 9.17) is 4.52 Å². The van der Waals surface area contributed by atoms with E-state index in [1.54, 1.807) is 13.0 Å². The normalized spacial score (nSPS) is 11.8. The molecule has 7 heteroatoms. The second-order valence-electron chi connectivity index (χ2n) is 4.51. The summed E-state index contributed by atoms with van der Waals surface area (Å²) in [5, 5.41) is 8.64. The number of hydrogen-bond donors (Lipinski definition) is 2. The largest absolute Gasteiger partial charge is 0.360 e. The Bertz CT molecular complexity index is 652. The van der Waals surface area contributed by atoms with Crippen LogP contribution in [0, 0.1) is 12.7 Å². The first-order valence-corrected chi connectivity index (χ1v) is 6.26. The van der Waals surface area contributed by atoms with Gasteiger partial charge in [-0.05, 0) is 38.1 Å². The Kier molecular flexibility index (Phi) is 4.32. The maximum absolute atomic E-state index is 12.8. The molecule has 1 aromatic heterocycles. The quantitative estimate of drug-likeness (QED) is 0.900. The molecule has 1 aromatic carbocycles. The zero-order chi connectivity index (χ0) is 15.4. The van der Waals surface area contributed by atoms with Crippen LogP contribution in [0.5, 0.6) is 0 Å². The van der Waals surface area contributed by atoms with Crippen LogP contribution in [0.2, 0.25) is 0 Å². The van der Waals surface area contributed by atoms with Crippen molar-refractivity contribution in [3.05, 3.63) is 47.5 Å². The molecule has 0 aliphatic heterocycles. The van der Waals surface area contributed by atoms with Crippen molar-refractivity contribution in [2.45, 2.75) is 19.9 Å². The van der Waals surface area contributed by atoms with Crippen molar-refractivity contribution in [2.75, 3.05) is 5.32 Å². The molecule has 1 atom stereocenters. The monoisotopic (exact) mass is 291 g/mol. The second-order valence-corrected chi connectivity index (χ2v) is 4.51. The van der Waals surface area contributed by atoms with Crippen LogP contribution in [0.4, 0.5) is 10.2 Å². The van der Waals surface area contributed by atoms with Crippen LogP contribution in [0.3, 0.4) is 0 Å². The van der Waals surface area contributed by atoms with E-state index in [0.29, 0.717) is 5.76 Å². The minimum atomic E-state index is -0.778. The van der Waals surface area contributed by atoms with Gasteiger partial charge in [0, 0.05) is 11.6 Å². The van der Waals surface area contributed by atoms with Crippen molar-refractivity contribution in [1.82, 2.24) is 10.5 Å². The van der Waals surface area contributed by atoms with Gasteiger partial charge in [-0.15, -0.1) is 0 Å². The molecule has 21 heavy (non-hydrogen) atoms. The van der Waals surface area contributed by atoms with Crippen molar-refractivity contribution >= 4 is 17.6 Å². The van der Waals surface area contributed by atoms with E-state index in [9.17, 15) is 14.0 Å². The van der Waals surface area contributed by atoms with Crippen LogP contribution in [0.1, 0.15) is 23.0 Å². The molecule has 0 saturated carbocycles. The Morgan fingerprint density at radius 2 is 1.95 bits per heavy atom. The van der Waals surface area contributed by atoms with Gasteiger partial charge in [0.05, 0.1) is 0 Å². The highest BCUT2D eigenvalue weighted by Gasteiger charge is 2.17. The fourth-order valence-electron chi connectivity index (χ4n) is 1.61. The number of halogens is 1. The molecule has 0 spiro atoms. The number of carbonyl (C=O) groups is 2. The Balaban J connectivity index is 1.93. The number of nitrogens with zero attached hydrogens (tertiary/aromatic N) is 1. The molecule has 0 saturated heterocycles. The number of aryl methyl sites for hydroxylation is 1. The van der Waals surface area contributed by atoms with Crippen molar-refractivity contribution in [2.24, 2.45) is 0 Å². The predicted molar refractivity (Wildman–Crippen MR) is 73.2 cm³/mol. The third-order valence-corrected chi connectivity index (χ3v) is 2.73. The first-order chi connectivity index (χ1) is 9.95. The number of anilines is 1. The van der Waals surface area contributed by atoms with Crippen LogP contribution >= 0.6 is 0 Å². The summed E-state index contributed by atoms with van der Waals surface area (Å²) in [5.74, 6) is -0.486. The smallest absolute Gasteiger partial charge is 0.251 e.